The zero-order valence-electron chi connectivity index (χ0n) is 15.0. The molecule has 0 aliphatic heterocycles. The number of hydrogen-bond acceptors (Lipinski definition) is 2. The number of hydrogen-bond donors (Lipinski definition) is 1. The fourth-order valence-corrected chi connectivity index (χ4v) is 4.33. The molecule has 3 heteroatoms. The Balaban J connectivity index is 1.59. The molecule has 3 unspecified atom stereocenters. The van der Waals surface area contributed by atoms with Crippen molar-refractivity contribution in [3.63, 3.8) is 0 Å². The molecule has 2 aromatic carbocycles. The van der Waals surface area contributed by atoms with E-state index in [1.807, 2.05) is 0 Å². The van der Waals surface area contributed by atoms with Gasteiger partial charge in [0.25, 0.3) is 0 Å². The molecular weight excluding hydrogens is 308 g/mol. The molecule has 132 valence electrons. The van der Waals surface area contributed by atoms with Crippen molar-refractivity contribution in [2.45, 2.75) is 63.6 Å². The van der Waals surface area contributed by atoms with Gasteiger partial charge in [0.15, 0.2) is 0 Å². The van der Waals surface area contributed by atoms with Crippen LogP contribution >= 0.6 is 0 Å². The molecule has 0 saturated heterocycles. The standard InChI is InChI=1S/C22H28N2O/c1-15(17-10-9-16-5-2-3-6-18(16)13-17)24(21-11-12-21)22(25)19-7-4-8-20(23)14-19/h2-3,5-6,9-10,13,15,19-21H,4,7-8,11-12,14,23H2,1H3. The predicted octanol–water partition coefficient (Wildman–Crippen LogP) is 4.41. The molecule has 0 spiro atoms. The van der Waals surface area contributed by atoms with Gasteiger partial charge in [-0.05, 0) is 61.4 Å². The van der Waals surface area contributed by atoms with Gasteiger partial charge in [0, 0.05) is 18.0 Å². The van der Waals surface area contributed by atoms with Crippen LogP contribution in [0.15, 0.2) is 42.5 Å². The summed E-state index contributed by atoms with van der Waals surface area (Å²) in [6.07, 6.45) is 6.28. The summed E-state index contributed by atoms with van der Waals surface area (Å²) in [4.78, 5) is 15.4. The van der Waals surface area contributed by atoms with Crippen molar-refractivity contribution in [2.75, 3.05) is 0 Å². The zero-order valence-corrected chi connectivity index (χ0v) is 15.0. The van der Waals surface area contributed by atoms with Crippen LogP contribution in [-0.4, -0.2) is 22.9 Å². The lowest BCUT2D eigenvalue weighted by Crippen LogP contribution is -2.43. The Labute approximate surface area is 150 Å². The number of benzene rings is 2. The molecule has 2 saturated carbocycles. The van der Waals surface area contributed by atoms with Gasteiger partial charge in [-0.25, -0.2) is 0 Å². The highest BCUT2D eigenvalue weighted by Crippen LogP contribution is 2.38. The van der Waals surface area contributed by atoms with E-state index in [0.717, 1.165) is 38.5 Å². The first-order valence-electron chi connectivity index (χ1n) is 9.70. The summed E-state index contributed by atoms with van der Waals surface area (Å²) in [5.41, 5.74) is 7.37. The fourth-order valence-electron chi connectivity index (χ4n) is 4.33. The number of nitrogens with two attached hydrogens (primary N) is 1. The molecule has 0 heterocycles. The first kappa shape index (κ1) is 16.6. The molecule has 0 bridgehead atoms. The van der Waals surface area contributed by atoms with E-state index in [-0.39, 0.29) is 18.0 Å². The Bertz CT molecular complexity index is 767. The maximum atomic E-state index is 13.3. The summed E-state index contributed by atoms with van der Waals surface area (Å²) in [5, 5.41) is 2.50. The summed E-state index contributed by atoms with van der Waals surface area (Å²) in [7, 11) is 0. The van der Waals surface area contributed by atoms with Gasteiger partial charge in [-0.1, -0.05) is 42.8 Å². The normalized spacial score (nSPS) is 24.9. The maximum Gasteiger partial charge on any atom is 0.226 e. The third kappa shape index (κ3) is 3.43. The average Bonchev–Trinajstić information content (AvgIpc) is 3.46. The Hall–Kier alpha value is -1.87. The summed E-state index contributed by atoms with van der Waals surface area (Å²) in [6.45, 7) is 2.18. The molecule has 2 fully saturated rings. The molecule has 2 aliphatic rings. The quantitative estimate of drug-likeness (QED) is 0.899. The Kier molecular flexibility index (Phi) is 4.51. The van der Waals surface area contributed by atoms with Crippen molar-refractivity contribution in [1.29, 1.82) is 0 Å². The SMILES string of the molecule is CC(c1ccc2ccccc2c1)N(C(=O)C1CCCC(N)C1)C1CC1. The number of nitrogens with zero attached hydrogens (tertiary/aromatic N) is 1. The molecule has 0 aromatic heterocycles. The van der Waals surface area contributed by atoms with Gasteiger partial charge in [-0.15, -0.1) is 0 Å². The fraction of sp³-hybridized carbons (Fsp3) is 0.500. The van der Waals surface area contributed by atoms with Crippen LogP contribution in [0.3, 0.4) is 0 Å². The summed E-state index contributed by atoms with van der Waals surface area (Å²) >= 11 is 0. The van der Waals surface area contributed by atoms with Crippen LogP contribution in [0.25, 0.3) is 10.8 Å². The van der Waals surface area contributed by atoms with E-state index >= 15 is 0 Å². The lowest BCUT2D eigenvalue weighted by molar-refractivity contribution is -0.139. The average molecular weight is 336 g/mol. The molecule has 3 atom stereocenters. The molecule has 2 aromatic rings. The van der Waals surface area contributed by atoms with Crippen LogP contribution in [0.1, 0.15) is 57.1 Å². The highest BCUT2D eigenvalue weighted by atomic mass is 16.2. The number of fused-ring (bicyclic) bond motifs is 1. The topological polar surface area (TPSA) is 46.3 Å². The third-order valence-electron chi connectivity index (χ3n) is 5.93. The van der Waals surface area contributed by atoms with Gasteiger partial charge >= 0.3 is 0 Å². The van der Waals surface area contributed by atoms with Crippen molar-refractivity contribution >= 4 is 16.7 Å². The second-order valence-corrected chi connectivity index (χ2v) is 7.88. The van der Waals surface area contributed by atoms with Crippen molar-refractivity contribution < 1.29 is 4.79 Å². The Morgan fingerprint density at radius 2 is 1.84 bits per heavy atom. The highest BCUT2D eigenvalue weighted by molar-refractivity contribution is 5.84. The second-order valence-electron chi connectivity index (χ2n) is 7.88. The van der Waals surface area contributed by atoms with Crippen LogP contribution in [0, 0.1) is 5.92 Å². The predicted molar refractivity (Wildman–Crippen MR) is 102 cm³/mol. The van der Waals surface area contributed by atoms with E-state index < -0.39 is 0 Å². The van der Waals surface area contributed by atoms with Crippen molar-refractivity contribution in [1.82, 2.24) is 4.90 Å². The van der Waals surface area contributed by atoms with E-state index in [9.17, 15) is 4.79 Å². The van der Waals surface area contributed by atoms with Crippen molar-refractivity contribution in [3.05, 3.63) is 48.0 Å². The summed E-state index contributed by atoms with van der Waals surface area (Å²) in [5.74, 6) is 0.450. The van der Waals surface area contributed by atoms with E-state index in [4.69, 9.17) is 5.73 Å². The van der Waals surface area contributed by atoms with Gasteiger partial charge in [0.05, 0.1) is 6.04 Å². The monoisotopic (exact) mass is 336 g/mol. The molecule has 4 rings (SSSR count). The molecule has 3 nitrogen and oxygen atoms in total. The Morgan fingerprint density at radius 1 is 1.08 bits per heavy atom. The smallest absolute Gasteiger partial charge is 0.226 e. The van der Waals surface area contributed by atoms with Crippen LogP contribution in [-0.2, 0) is 4.79 Å². The minimum absolute atomic E-state index is 0.118. The molecule has 0 radical (unpaired) electrons. The second kappa shape index (κ2) is 6.80. The van der Waals surface area contributed by atoms with Crippen LogP contribution in [0.2, 0.25) is 0 Å². The largest absolute Gasteiger partial charge is 0.333 e. The van der Waals surface area contributed by atoms with Crippen LogP contribution in [0.5, 0.6) is 0 Å². The lowest BCUT2D eigenvalue weighted by atomic mass is 9.84. The van der Waals surface area contributed by atoms with Gasteiger partial charge < -0.3 is 10.6 Å². The molecule has 2 aliphatic carbocycles. The Morgan fingerprint density at radius 3 is 2.56 bits per heavy atom. The highest BCUT2D eigenvalue weighted by Gasteiger charge is 2.39. The van der Waals surface area contributed by atoms with Crippen molar-refractivity contribution in [3.8, 4) is 0 Å². The first-order chi connectivity index (χ1) is 12.1. The zero-order chi connectivity index (χ0) is 17.4. The molecule has 25 heavy (non-hydrogen) atoms. The van der Waals surface area contributed by atoms with E-state index in [1.165, 1.54) is 16.3 Å². The van der Waals surface area contributed by atoms with Gasteiger partial charge in [0.1, 0.15) is 0 Å². The molecular formula is C22H28N2O. The van der Waals surface area contributed by atoms with E-state index in [0.29, 0.717) is 11.9 Å². The number of carbonyl (C=O) groups is 1. The summed E-state index contributed by atoms with van der Waals surface area (Å²) < 4.78 is 0. The number of amides is 1. The van der Waals surface area contributed by atoms with E-state index in [1.54, 1.807) is 0 Å². The number of carbonyl (C=O) groups excluding carboxylic acids is 1. The maximum absolute atomic E-state index is 13.3. The minimum atomic E-state index is 0.118. The van der Waals surface area contributed by atoms with Gasteiger partial charge in [-0.3, -0.25) is 4.79 Å². The minimum Gasteiger partial charge on any atom is -0.333 e. The lowest BCUT2D eigenvalue weighted by Gasteiger charge is -2.35. The third-order valence-corrected chi connectivity index (χ3v) is 5.93. The summed E-state index contributed by atoms with van der Waals surface area (Å²) in [6, 6.07) is 15.8. The van der Waals surface area contributed by atoms with E-state index in [2.05, 4.69) is 54.3 Å². The van der Waals surface area contributed by atoms with Crippen LogP contribution < -0.4 is 5.73 Å². The first-order valence-corrected chi connectivity index (χ1v) is 9.70. The number of rotatable bonds is 4. The van der Waals surface area contributed by atoms with Crippen LogP contribution in [0.4, 0.5) is 0 Å². The molecule has 2 N–H and O–H groups in total. The van der Waals surface area contributed by atoms with Gasteiger partial charge in [-0.2, -0.15) is 0 Å². The van der Waals surface area contributed by atoms with Gasteiger partial charge in [0.2, 0.25) is 5.91 Å². The molecule has 1 amide bonds. The van der Waals surface area contributed by atoms with Crippen molar-refractivity contribution in [2.24, 2.45) is 11.7 Å².